The molecular weight excluding hydrogens is 463 g/mol. The van der Waals surface area contributed by atoms with E-state index in [1.807, 2.05) is 6.07 Å². The van der Waals surface area contributed by atoms with Crippen LogP contribution in [0.1, 0.15) is 0 Å². The molecule has 0 aromatic heterocycles. The maximum atomic E-state index is 13.5. The van der Waals surface area contributed by atoms with E-state index >= 15 is 0 Å². The third kappa shape index (κ3) is 3.75. The van der Waals surface area contributed by atoms with E-state index in [9.17, 15) is 14.4 Å². The standard InChI is InChI=1S/C24H16Cl2N4O3/c25-14-6-10-17(11-7-14)29-23(32)19-20(22(31)27-16-4-2-1-3-5-16)28-30(21(19)24(29)33)18-12-8-15(26)9-13-18/h1-13,19,21H,(H,27,31). The number of para-hydroxylation sites is 1. The van der Waals surface area contributed by atoms with E-state index in [4.69, 9.17) is 23.2 Å². The number of benzene rings is 3. The second-order valence-corrected chi connectivity index (χ2v) is 8.41. The highest BCUT2D eigenvalue weighted by Crippen LogP contribution is 2.38. The predicted molar refractivity (Wildman–Crippen MR) is 128 cm³/mol. The second kappa shape index (κ2) is 8.35. The molecule has 0 saturated carbocycles. The van der Waals surface area contributed by atoms with Crippen molar-refractivity contribution < 1.29 is 14.4 Å². The molecule has 2 aliphatic heterocycles. The van der Waals surface area contributed by atoms with E-state index in [0.29, 0.717) is 27.1 Å². The van der Waals surface area contributed by atoms with E-state index in [-0.39, 0.29) is 5.71 Å². The van der Waals surface area contributed by atoms with Crippen LogP contribution in [0.4, 0.5) is 17.1 Å². The number of hydrazone groups is 1. The summed E-state index contributed by atoms with van der Waals surface area (Å²) < 4.78 is 0. The molecule has 9 heteroatoms. The highest BCUT2D eigenvalue weighted by atomic mass is 35.5. The Bertz CT molecular complexity index is 1280. The van der Waals surface area contributed by atoms with Crippen molar-refractivity contribution in [3.63, 3.8) is 0 Å². The Morgan fingerprint density at radius 3 is 1.97 bits per heavy atom. The minimum Gasteiger partial charge on any atom is -0.321 e. The van der Waals surface area contributed by atoms with E-state index < -0.39 is 29.7 Å². The number of hydrogen-bond acceptors (Lipinski definition) is 5. The molecule has 1 fully saturated rings. The molecule has 2 atom stereocenters. The highest BCUT2D eigenvalue weighted by molar-refractivity contribution is 6.51. The molecule has 0 aliphatic carbocycles. The monoisotopic (exact) mass is 478 g/mol. The molecule has 33 heavy (non-hydrogen) atoms. The van der Waals surface area contributed by atoms with Crippen LogP contribution in [-0.4, -0.2) is 29.5 Å². The fraction of sp³-hybridized carbons (Fsp3) is 0.0833. The fourth-order valence-electron chi connectivity index (χ4n) is 3.97. The van der Waals surface area contributed by atoms with Crippen molar-refractivity contribution >= 4 is 63.7 Å². The Kier molecular flexibility index (Phi) is 5.36. The molecule has 3 aromatic rings. The van der Waals surface area contributed by atoms with Crippen LogP contribution in [0.2, 0.25) is 10.0 Å². The molecular formula is C24H16Cl2N4O3. The molecule has 2 aliphatic rings. The Morgan fingerprint density at radius 1 is 0.788 bits per heavy atom. The molecule has 3 amide bonds. The molecule has 0 bridgehead atoms. The van der Waals surface area contributed by atoms with Crippen LogP contribution in [0.5, 0.6) is 0 Å². The number of carbonyl (C=O) groups is 3. The van der Waals surface area contributed by atoms with Gasteiger partial charge in [0.15, 0.2) is 0 Å². The molecule has 7 nitrogen and oxygen atoms in total. The number of rotatable bonds is 4. The van der Waals surface area contributed by atoms with Gasteiger partial charge in [-0.15, -0.1) is 0 Å². The molecule has 1 N–H and O–H groups in total. The summed E-state index contributed by atoms with van der Waals surface area (Å²) in [6.45, 7) is 0. The number of nitrogens with one attached hydrogen (secondary N) is 1. The van der Waals surface area contributed by atoms with Crippen molar-refractivity contribution in [2.24, 2.45) is 11.0 Å². The van der Waals surface area contributed by atoms with Crippen molar-refractivity contribution in [3.8, 4) is 0 Å². The van der Waals surface area contributed by atoms with Gasteiger partial charge in [0.25, 0.3) is 11.8 Å². The van der Waals surface area contributed by atoms with E-state index in [1.54, 1.807) is 72.8 Å². The highest BCUT2D eigenvalue weighted by Gasteiger charge is 2.58. The van der Waals surface area contributed by atoms with Gasteiger partial charge in [0, 0.05) is 15.7 Å². The Hall–Kier alpha value is -3.68. The number of imide groups is 1. The zero-order valence-corrected chi connectivity index (χ0v) is 18.5. The first-order valence-corrected chi connectivity index (χ1v) is 10.8. The third-order valence-corrected chi connectivity index (χ3v) is 5.99. The van der Waals surface area contributed by atoms with Crippen LogP contribution in [0.15, 0.2) is 84.0 Å². The van der Waals surface area contributed by atoms with Gasteiger partial charge < -0.3 is 5.32 Å². The average Bonchev–Trinajstić information content (AvgIpc) is 3.33. The van der Waals surface area contributed by atoms with E-state index in [2.05, 4.69) is 10.4 Å². The maximum absolute atomic E-state index is 13.5. The lowest BCUT2D eigenvalue weighted by Crippen LogP contribution is -2.39. The number of amides is 3. The lowest BCUT2D eigenvalue weighted by atomic mass is 9.97. The minimum atomic E-state index is -1.06. The van der Waals surface area contributed by atoms with Gasteiger partial charge in [0.1, 0.15) is 17.7 Å². The SMILES string of the molecule is O=C(Nc1ccccc1)C1=NN(c2ccc(Cl)cc2)C2C(=O)N(c3ccc(Cl)cc3)C(=O)C12. The van der Waals surface area contributed by atoms with Gasteiger partial charge in [-0.2, -0.15) is 5.10 Å². The summed E-state index contributed by atoms with van der Waals surface area (Å²) in [6, 6.07) is 20.9. The molecule has 2 heterocycles. The Labute approximate surface area is 199 Å². The van der Waals surface area contributed by atoms with Crippen molar-refractivity contribution in [2.45, 2.75) is 6.04 Å². The first kappa shape index (κ1) is 21.2. The molecule has 164 valence electrons. The maximum Gasteiger partial charge on any atom is 0.272 e. The number of hydrogen-bond donors (Lipinski definition) is 1. The van der Waals surface area contributed by atoms with Crippen molar-refractivity contribution in [1.82, 2.24) is 0 Å². The number of carbonyl (C=O) groups excluding carboxylic acids is 3. The van der Waals surface area contributed by atoms with Gasteiger partial charge in [-0.1, -0.05) is 41.4 Å². The third-order valence-electron chi connectivity index (χ3n) is 5.49. The normalized spacial score (nSPS) is 19.5. The van der Waals surface area contributed by atoms with Gasteiger partial charge in [-0.3, -0.25) is 19.4 Å². The number of anilines is 3. The van der Waals surface area contributed by atoms with Crippen molar-refractivity contribution in [1.29, 1.82) is 0 Å². The smallest absolute Gasteiger partial charge is 0.272 e. The molecule has 0 radical (unpaired) electrons. The summed E-state index contributed by atoms with van der Waals surface area (Å²) in [5.74, 6) is -2.61. The van der Waals surface area contributed by atoms with Crippen LogP contribution in [0.25, 0.3) is 0 Å². The molecule has 1 saturated heterocycles. The first-order valence-electron chi connectivity index (χ1n) is 10.1. The number of halogens is 2. The van der Waals surface area contributed by atoms with Gasteiger partial charge in [-0.05, 0) is 60.7 Å². The Balaban J connectivity index is 1.55. The second-order valence-electron chi connectivity index (χ2n) is 7.54. The van der Waals surface area contributed by atoms with Crippen LogP contribution in [0, 0.1) is 5.92 Å². The summed E-state index contributed by atoms with van der Waals surface area (Å²) >= 11 is 12.0. The van der Waals surface area contributed by atoms with Gasteiger partial charge in [-0.25, -0.2) is 4.90 Å². The van der Waals surface area contributed by atoms with Crippen molar-refractivity contribution in [2.75, 3.05) is 15.2 Å². The summed E-state index contributed by atoms with van der Waals surface area (Å²) in [5.41, 5.74) is 1.44. The molecule has 3 aromatic carbocycles. The quantitative estimate of drug-likeness (QED) is 0.564. The lowest BCUT2D eigenvalue weighted by Gasteiger charge is -2.22. The van der Waals surface area contributed by atoms with Gasteiger partial charge in [0.2, 0.25) is 5.91 Å². The fourth-order valence-corrected chi connectivity index (χ4v) is 4.22. The zero-order valence-electron chi connectivity index (χ0n) is 17.0. The predicted octanol–water partition coefficient (Wildman–Crippen LogP) is 4.37. The number of nitrogens with zero attached hydrogens (tertiary/aromatic N) is 3. The van der Waals surface area contributed by atoms with Crippen molar-refractivity contribution in [3.05, 3.63) is 88.9 Å². The zero-order chi connectivity index (χ0) is 23.1. The minimum absolute atomic E-state index is 0.0337. The largest absolute Gasteiger partial charge is 0.321 e. The van der Waals surface area contributed by atoms with Gasteiger partial charge in [0.05, 0.1) is 11.4 Å². The van der Waals surface area contributed by atoms with Crippen LogP contribution in [0.3, 0.4) is 0 Å². The van der Waals surface area contributed by atoms with E-state index in [1.165, 1.54) is 5.01 Å². The average molecular weight is 479 g/mol. The van der Waals surface area contributed by atoms with E-state index in [0.717, 1.165) is 4.90 Å². The summed E-state index contributed by atoms with van der Waals surface area (Å²) in [7, 11) is 0. The lowest BCUT2D eigenvalue weighted by molar-refractivity contribution is -0.122. The van der Waals surface area contributed by atoms with Crippen LogP contribution < -0.4 is 15.2 Å². The Morgan fingerprint density at radius 2 is 1.36 bits per heavy atom. The summed E-state index contributed by atoms with van der Waals surface area (Å²) in [5, 5.41) is 9.58. The molecule has 5 rings (SSSR count). The number of fused-ring (bicyclic) bond motifs is 1. The topological polar surface area (TPSA) is 82.1 Å². The van der Waals surface area contributed by atoms with Crippen LogP contribution >= 0.6 is 23.2 Å². The summed E-state index contributed by atoms with van der Waals surface area (Å²) in [6.07, 6.45) is 0. The molecule has 2 unspecified atom stereocenters. The molecule has 0 spiro atoms. The first-order chi connectivity index (χ1) is 15.9. The van der Waals surface area contributed by atoms with Crippen LogP contribution in [-0.2, 0) is 14.4 Å². The summed E-state index contributed by atoms with van der Waals surface area (Å²) in [4.78, 5) is 41.1. The van der Waals surface area contributed by atoms with Gasteiger partial charge >= 0.3 is 0 Å².